The van der Waals surface area contributed by atoms with Crippen molar-refractivity contribution in [1.82, 2.24) is 14.9 Å². The molecule has 7 heteroatoms. The smallest absolute Gasteiger partial charge is 0.322 e. The second kappa shape index (κ2) is 6.48. The Bertz CT molecular complexity index is 737. The number of nitriles is 1. The van der Waals surface area contributed by atoms with E-state index in [4.69, 9.17) is 5.26 Å². The van der Waals surface area contributed by atoms with Crippen molar-refractivity contribution in [2.75, 3.05) is 11.9 Å². The molecule has 6 nitrogen and oxygen atoms in total. The predicted octanol–water partition coefficient (Wildman–Crippen LogP) is 3.18. The second-order valence-electron chi connectivity index (χ2n) is 5.41. The van der Waals surface area contributed by atoms with E-state index < -0.39 is 5.82 Å². The first-order valence-electron chi connectivity index (χ1n) is 7.45. The molecule has 1 atom stereocenters. The van der Waals surface area contributed by atoms with Gasteiger partial charge >= 0.3 is 6.03 Å². The number of piperidine rings is 1. The third-order valence-electron chi connectivity index (χ3n) is 3.94. The largest absolute Gasteiger partial charge is 0.347 e. The van der Waals surface area contributed by atoms with Crippen molar-refractivity contribution in [3.8, 4) is 6.07 Å². The van der Waals surface area contributed by atoms with Crippen LogP contribution in [0, 0.1) is 17.1 Å². The quantitative estimate of drug-likeness (QED) is 0.893. The number of carbonyl (C=O) groups excluding carboxylic acids is 1. The number of amides is 2. The molecule has 23 heavy (non-hydrogen) atoms. The van der Waals surface area contributed by atoms with Gasteiger partial charge in [0.1, 0.15) is 17.7 Å². The third kappa shape index (κ3) is 3.16. The molecule has 1 aliphatic rings. The molecule has 0 unspecified atom stereocenters. The Hall–Kier alpha value is -2.88. The van der Waals surface area contributed by atoms with Crippen LogP contribution in [0.4, 0.5) is 14.9 Å². The maximum absolute atomic E-state index is 13.2. The van der Waals surface area contributed by atoms with Gasteiger partial charge in [-0.15, -0.1) is 0 Å². The second-order valence-corrected chi connectivity index (χ2v) is 5.41. The van der Waals surface area contributed by atoms with Crippen LogP contribution in [0.5, 0.6) is 0 Å². The minimum Gasteiger partial charge on any atom is -0.347 e. The summed E-state index contributed by atoms with van der Waals surface area (Å²) in [6, 6.07) is 5.19. The number of nitrogens with zero attached hydrogens (tertiary/aromatic N) is 3. The topological polar surface area (TPSA) is 84.8 Å². The van der Waals surface area contributed by atoms with Gasteiger partial charge in [-0.1, -0.05) is 0 Å². The molecule has 2 amide bonds. The summed E-state index contributed by atoms with van der Waals surface area (Å²) in [7, 11) is 0. The standard InChI is InChI=1S/C16H16FN5O/c17-12-4-5-13(11(9-12)10-18)21-16(23)22-8-2-1-3-14(22)15-19-6-7-20-15/h4-7,9,14H,1-3,8H2,(H,19,20)(H,21,23)/t14-/m0/s1. The first kappa shape index (κ1) is 15.0. The van der Waals surface area contributed by atoms with E-state index >= 15 is 0 Å². The van der Waals surface area contributed by atoms with Crippen LogP contribution in [0.1, 0.15) is 36.7 Å². The van der Waals surface area contributed by atoms with Crippen molar-refractivity contribution in [2.45, 2.75) is 25.3 Å². The third-order valence-corrected chi connectivity index (χ3v) is 3.94. The molecule has 0 spiro atoms. The molecule has 2 heterocycles. The van der Waals surface area contributed by atoms with Crippen LogP contribution in [-0.4, -0.2) is 27.4 Å². The highest BCUT2D eigenvalue weighted by Crippen LogP contribution is 2.29. The van der Waals surface area contributed by atoms with Crippen LogP contribution in [0.3, 0.4) is 0 Å². The number of hydrogen-bond donors (Lipinski definition) is 2. The predicted molar refractivity (Wildman–Crippen MR) is 82.0 cm³/mol. The number of H-pyrrole nitrogens is 1. The summed E-state index contributed by atoms with van der Waals surface area (Å²) in [4.78, 5) is 21.6. The fourth-order valence-corrected chi connectivity index (χ4v) is 2.82. The van der Waals surface area contributed by atoms with Gasteiger partial charge in [0.25, 0.3) is 0 Å². The molecular formula is C16H16FN5O. The van der Waals surface area contributed by atoms with E-state index in [1.54, 1.807) is 17.3 Å². The number of rotatable bonds is 2. The van der Waals surface area contributed by atoms with E-state index in [1.165, 1.54) is 12.1 Å². The summed E-state index contributed by atoms with van der Waals surface area (Å²) in [6.45, 7) is 0.611. The molecule has 0 saturated carbocycles. The fourth-order valence-electron chi connectivity index (χ4n) is 2.82. The Morgan fingerprint density at radius 3 is 3.09 bits per heavy atom. The molecule has 1 saturated heterocycles. The van der Waals surface area contributed by atoms with Crippen molar-refractivity contribution in [2.24, 2.45) is 0 Å². The maximum Gasteiger partial charge on any atom is 0.322 e. The number of halogens is 1. The molecule has 0 aliphatic carbocycles. The number of aromatic amines is 1. The lowest BCUT2D eigenvalue weighted by Crippen LogP contribution is -2.41. The minimum absolute atomic E-state index is 0.102. The summed E-state index contributed by atoms with van der Waals surface area (Å²) in [5.74, 6) is 0.241. The van der Waals surface area contributed by atoms with Gasteiger partial charge in [-0.05, 0) is 37.5 Å². The number of benzene rings is 1. The summed E-state index contributed by atoms with van der Waals surface area (Å²) < 4.78 is 13.2. The molecule has 1 aromatic carbocycles. The first-order valence-corrected chi connectivity index (χ1v) is 7.45. The van der Waals surface area contributed by atoms with Gasteiger partial charge < -0.3 is 15.2 Å². The average Bonchev–Trinajstić information content (AvgIpc) is 3.10. The van der Waals surface area contributed by atoms with Gasteiger partial charge in [-0.25, -0.2) is 14.2 Å². The highest BCUT2D eigenvalue weighted by Gasteiger charge is 2.29. The van der Waals surface area contributed by atoms with Gasteiger partial charge in [0.05, 0.1) is 17.3 Å². The summed E-state index contributed by atoms with van der Waals surface area (Å²) >= 11 is 0. The summed E-state index contributed by atoms with van der Waals surface area (Å²) in [5.41, 5.74) is 0.410. The van der Waals surface area contributed by atoms with Gasteiger partial charge in [0, 0.05) is 18.9 Å². The number of carbonyl (C=O) groups is 1. The number of urea groups is 1. The van der Waals surface area contributed by atoms with Crippen molar-refractivity contribution in [3.63, 3.8) is 0 Å². The Labute approximate surface area is 132 Å². The van der Waals surface area contributed by atoms with Crippen molar-refractivity contribution >= 4 is 11.7 Å². The molecule has 1 aromatic heterocycles. The highest BCUT2D eigenvalue weighted by molar-refractivity contribution is 5.91. The zero-order chi connectivity index (χ0) is 16.2. The molecule has 0 radical (unpaired) electrons. The van der Waals surface area contributed by atoms with Gasteiger partial charge in [-0.2, -0.15) is 5.26 Å². The number of hydrogen-bond acceptors (Lipinski definition) is 3. The molecule has 1 aliphatic heterocycles. The summed E-state index contributed by atoms with van der Waals surface area (Å²) in [6.07, 6.45) is 6.16. The van der Waals surface area contributed by atoms with Crippen LogP contribution < -0.4 is 5.32 Å². The van der Waals surface area contributed by atoms with E-state index in [-0.39, 0.29) is 17.6 Å². The lowest BCUT2D eigenvalue weighted by Gasteiger charge is -2.34. The summed E-state index contributed by atoms with van der Waals surface area (Å²) in [5, 5.41) is 11.8. The first-order chi connectivity index (χ1) is 11.2. The molecule has 0 bridgehead atoms. The monoisotopic (exact) mass is 313 g/mol. The van der Waals surface area contributed by atoms with Crippen LogP contribution in [0.2, 0.25) is 0 Å². The lowest BCUT2D eigenvalue weighted by molar-refractivity contribution is 0.160. The van der Waals surface area contributed by atoms with Crippen LogP contribution >= 0.6 is 0 Å². The normalized spacial score (nSPS) is 17.6. The molecule has 118 valence electrons. The van der Waals surface area contributed by atoms with E-state index in [1.807, 2.05) is 6.07 Å². The molecule has 2 N–H and O–H groups in total. The number of anilines is 1. The van der Waals surface area contributed by atoms with E-state index in [9.17, 15) is 9.18 Å². The molecule has 3 rings (SSSR count). The zero-order valence-electron chi connectivity index (χ0n) is 12.4. The van der Waals surface area contributed by atoms with E-state index in [2.05, 4.69) is 15.3 Å². The number of aromatic nitrogens is 2. The number of nitrogens with one attached hydrogen (secondary N) is 2. The molecule has 1 fully saturated rings. The molecular weight excluding hydrogens is 297 g/mol. The van der Waals surface area contributed by atoms with Gasteiger partial charge in [0.15, 0.2) is 0 Å². The SMILES string of the molecule is N#Cc1cc(F)ccc1NC(=O)N1CCCC[C@H]1c1ncc[nH]1. The Kier molecular flexibility index (Phi) is 4.24. The minimum atomic E-state index is -0.508. The number of likely N-dealkylation sites (tertiary alicyclic amines) is 1. The Morgan fingerprint density at radius 2 is 2.35 bits per heavy atom. The molecule has 2 aromatic rings. The highest BCUT2D eigenvalue weighted by atomic mass is 19.1. The Balaban J connectivity index is 1.80. The lowest BCUT2D eigenvalue weighted by atomic mass is 10.0. The fraction of sp³-hybridized carbons (Fsp3) is 0.312. The Morgan fingerprint density at radius 1 is 1.48 bits per heavy atom. The van der Waals surface area contributed by atoms with Crippen molar-refractivity contribution in [1.29, 1.82) is 5.26 Å². The van der Waals surface area contributed by atoms with Crippen molar-refractivity contribution in [3.05, 3.63) is 47.8 Å². The van der Waals surface area contributed by atoms with E-state index in [0.29, 0.717) is 12.2 Å². The van der Waals surface area contributed by atoms with Crippen molar-refractivity contribution < 1.29 is 9.18 Å². The van der Waals surface area contributed by atoms with Gasteiger partial charge in [0.2, 0.25) is 0 Å². The van der Waals surface area contributed by atoms with E-state index in [0.717, 1.165) is 31.2 Å². The van der Waals surface area contributed by atoms with Crippen LogP contribution in [0.15, 0.2) is 30.6 Å². The number of imidazole rings is 1. The van der Waals surface area contributed by atoms with Crippen LogP contribution in [0.25, 0.3) is 0 Å². The zero-order valence-corrected chi connectivity index (χ0v) is 12.4. The van der Waals surface area contributed by atoms with Gasteiger partial charge in [-0.3, -0.25) is 0 Å². The van der Waals surface area contributed by atoms with Crippen LogP contribution in [-0.2, 0) is 0 Å². The average molecular weight is 313 g/mol. The maximum atomic E-state index is 13.2.